The van der Waals surface area contributed by atoms with Gasteiger partial charge in [0.05, 0.1) is 21.9 Å². The molecule has 1 aromatic heterocycles. The molecule has 1 heterocycles. The van der Waals surface area contributed by atoms with Gasteiger partial charge in [0.2, 0.25) is 0 Å². The lowest BCUT2D eigenvalue weighted by Gasteiger charge is -2.08. The number of carbonyl (C=O) groups excluding carboxylic acids is 2. The maximum Gasteiger partial charge on any atom is 0.287 e. The number of hydrogen-bond donors (Lipinski definition) is 2. The first-order valence-electron chi connectivity index (χ1n) is 6.13. The van der Waals surface area contributed by atoms with Crippen molar-refractivity contribution < 1.29 is 14.0 Å². The van der Waals surface area contributed by atoms with Crippen LogP contribution in [-0.2, 0) is 0 Å². The van der Waals surface area contributed by atoms with Crippen LogP contribution in [0.1, 0.15) is 20.9 Å². The molecule has 0 unspecified atom stereocenters. The molecule has 0 bridgehead atoms. The van der Waals surface area contributed by atoms with E-state index >= 15 is 0 Å². The van der Waals surface area contributed by atoms with E-state index in [0.717, 1.165) is 0 Å². The summed E-state index contributed by atoms with van der Waals surface area (Å²) in [5.74, 6) is -0.469. The molecule has 7 heteroatoms. The fourth-order valence-electron chi connectivity index (χ4n) is 1.62. The third-order valence-electron chi connectivity index (χ3n) is 2.64. The van der Waals surface area contributed by atoms with Crippen LogP contribution in [0.15, 0.2) is 41.0 Å². The van der Waals surface area contributed by atoms with Gasteiger partial charge in [-0.3, -0.25) is 9.59 Å². The molecule has 2 amide bonds. The van der Waals surface area contributed by atoms with E-state index in [1.165, 1.54) is 6.26 Å². The summed E-state index contributed by atoms with van der Waals surface area (Å²) >= 11 is 11.8. The number of hydrogen-bond acceptors (Lipinski definition) is 3. The van der Waals surface area contributed by atoms with Crippen molar-refractivity contribution in [1.29, 1.82) is 0 Å². The summed E-state index contributed by atoms with van der Waals surface area (Å²) in [6.45, 7) is 0.525. The molecule has 0 fully saturated rings. The van der Waals surface area contributed by atoms with Crippen LogP contribution in [0, 0.1) is 0 Å². The largest absolute Gasteiger partial charge is 0.459 e. The number of amides is 2. The maximum atomic E-state index is 11.9. The highest BCUT2D eigenvalue weighted by Crippen LogP contribution is 2.25. The smallest absolute Gasteiger partial charge is 0.287 e. The summed E-state index contributed by atoms with van der Waals surface area (Å²) in [5.41, 5.74) is 0.293. The molecule has 1 aromatic carbocycles. The highest BCUT2D eigenvalue weighted by Gasteiger charge is 2.12. The van der Waals surface area contributed by atoms with Crippen molar-refractivity contribution in [3.05, 3.63) is 58.0 Å². The van der Waals surface area contributed by atoms with E-state index in [-0.39, 0.29) is 35.7 Å². The monoisotopic (exact) mass is 326 g/mol. The second kappa shape index (κ2) is 7.15. The highest BCUT2D eigenvalue weighted by atomic mass is 35.5. The zero-order chi connectivity index (χ0) is 15.2. The van der Waals surface area contributed by atoms with Gasteiger partial charge in [0.1, 0.15) is 0 Å². The third-order valence-corrected chi connectivity index (χ3v) is 3.46. The number of benzene rings is 1. The molecule has 2 N–H and O–H groups in total. The fourth-order valence-corrected chi connectivity index (χ4v) is 2.01. The molecule has 0 radical (unpaired) electrons. The molecule has 2 aromatic rings. The van der Waals surface area contributed by atoms with Gasteiger partial charge in [-0.25, -0.2) is 0 Å². The molecule has 0 aliphatic heterocycles. The second-order valence-electron chi connectivity index (χ2n) is 4.09. The second-order valence-corrected chi connectivity index (χ2v) is 4.88. The lowest BCUT2D eigenvalue weighted by Crippen LogP contribution is -2.34. The average Bonchev–Trinajstić information content (AvgIpc) is 3.00. The first-order chi connectivity index (χ1) is 10.1. The van der Waals surface area contributed by atoms with E-state index in [2.05, 4.69) is 10.6 Å². The molecule has 0 saturated carbocycles. The molecule has 2 rings (SSSR count). The van der Waals surface area contributed by atoms with Crippen molar-refractivity contribution in [2.75, 3.05) is 13.1 Å². The maximum absolute atomic E-state index is 11.9. The Morgan fingerprint density at radius 1 is 1.00 bits per heavy atom. The molecule has 110 valence electrons. The van der Waals surface area contributed by atoms with Gasteiger partial charge < -0.3 is 15.1 Å². The van der Waals surface area contributed by atoms with Gasteiger partial charge in [-0.1, -0.05) is 29.3 Å². The van der Waals surface area contributed by atoms with Gasteiger partial charge in [0.15, 0.2) is 5.76 Å². The van der Waals surface area contributed by atoms with E-state index in [0.29, 0.717) is 10.6 Å². The average molecular weight is 327 g/mol. The van der Waals surface area contributed by atoms with Crippen molar-refractivity contribution in [2.45, 2.75) is 0 Å². The first kappa shape index (κ1) is 15.4. The third kappa shape index (κ3) is 4.00. The minimum Gasteiger partial charge on any atom is -0.459 e. The minimum atomic E-state index is -0.352. The molecule has 0 atom stereocenters. The Labute approximate surface area is 131 Å². The zero-order valence-electron chi connectivity index (χ0n) is 10.9. The number of carbonyl (C=O) groups is 2. The van der Waals surface area contributed by atoms with Crippen LogP contribution in [0.25, 0.3) is 0 Å². The van der Waals surface area contributed by atoms with Crippen LogP contribution in [0.5, 0.6) is 0 Å². The standard InChI is InChI=1S/C14H12Cl2N2O3/c15-10-4-1-3-9(12(10)16)13(19)17-6-7-18-14(20)11-5-2-8-21-11/h1-5,8H,6-7H2,(H,17,19)(H,18,20). The van der Waals surface area contributed by atoms with Crippen LogP contribution in [-0.4, -0.2) is 24.9 Å². The molecule has 5 nitrogen and oxygen atoms in total. The SMILES string of the molecule is O=C(NCCNC(=O)c1cccc(Cl)c1Cl)c1ccco1. The summed E-state index contributed by atoms with van der Waals surface area (Å²) < 4.78 is 4.94. The normalized spacial score (nSPS) is 10.2. The highest BCUT2D eigenvalue weighted by molar-refractivity contribution is 6.43. The summed E-state index contributed by atoms with van der Waals surface area (Å²) in [6, 6.07) is 7.99. The Bertz CT molecular complexity index is 642. The Kier molecular flexibility index (Phi) is 5.25. The van der Waals surface area contributed by atoms with E-state index in [1.54, 1.807) is 30.3 Å². The lowest BCUT2D eigenvalue weighted by atomic mass is 10.2. The van der Waals surface area contributed by atoms with Crippen molar-refractivity contribution in [3.8, 4) is 0 Å². The Hall–Kier alpha value is -1.98. The molecule has 0 saturated heterocycles. The molecular weight excluding hydrogens is 315 g/mol. The van der Waals surface area contributed by atoms with Crippen molar-refractivity contribution in [1.82, 2.24) is 10.6 Å². The van der Waals surface area contributed by atoms with Gasteiger partial charge in [-0.15, -0.1) is 0 Å². The van der Waals surface area contributed by atoms with E-state index in [1.807, 2.05) is 0 Å². The minimum absolute atomic E-state index is 0.205. The predicted molar refractivity (Wildman–Crippen MR) is 79.8 cm³/mol. The van der Waals surface area contributed by atoms with Gasteiger partial charge in [0.25, 0.3) is 11.8 Å². The summed E-state index contributed by atoms with van der Waals surface area (Å²) in [4.78, 5) is 23.5. The molecular formula is C14H12Cl2N2O3. The van der Waals surface area contributed by atoms with E-state index in [9.17, 15) is 9.59 Å². The van der Waals surface area contributed by atoms with Crippen LogP contribution >= 0.6 is 23.2 Å². The van der Waals surface area contributed by atoms with E-state index in [4.69, 9.17) is 27.6 Å². The van der Waals surface area contributed by atoms with Crippen LogP contribution in [0.3, 0.4) is 0 Å². The van der Waals surface area contributed by atoms with Crippen LogP contribution < -0.4 is 10.6 Å². The Morgan fingerprint density at radius 2 is 1.71 bits per heavy atom. The van der Waals surface area contributed by atoms with Gasteiger partial charge in [-0.05, 0) is 24.3 Å². The molecule has 0 spiro atoms. The van der Waals surface area contributed by atoms with Crippen molar-refractivity contribution >= 4 is 35.0 Å². The fraction of sp³-hybridized carbons (Fsp3) is 0.143. The number of halogens is 2. The summed E-state index contributed by atoms with van der Waals surface area (Å²) in [5, 5.41) is 5.77. The Morgan fingerprint density at radius 3 is 2.38 bits per heavy atom. The van der Waals surface area contributed by atoms with Gasteiger partial charge >= 0.3 is 0 Å². The number of rotatable bonds is 5. The molecule has 0 aliphatic rings. The molecule has 21 heavy (non-hydrogen) atoms. The summed E-state index contributed by atoms with van der Waals surface area (Å²) in [6.07, 6.45) is 1.41. The predicted octanol–water partition coefficient (Wildman–Crippen LogP) is 2.75. The zero-order valence-corrected chi connectivity index (χ0v) is 12.4. The van der Waals surface area contributed by atoms with Crippen LogP contribution in [0.4, 0.5) is 0 Å². The number of nitrogens with one attached hydrogen (secondary N) is 2. The first-order valence-corrected chi connectivity index (χ1v) is 6.89. The topological polar surface area (TPSA) is 71.3 Å². The van der Waals surface area contributed by atoms with E-state index < -0.39 is 0 Å². The Balaban J connectivity index is 1.80. The van der Waals surface area contributed by atoms with Crippen molar-refractivity contribution in [2.24, 2.45) is 0 Å². The summed E-state index contributed by atoms with van der Waals surface area (Å²) in [7, 11) is 0. The van der Waals surface area contributed by atoms with Crippen LogP contribution in [0.2, 0.25) is 10.0 Å². The van der Waals surface area contributed by atoms with Gasteiger partial charge in [0, 0.05) is 13.1 Å². The van der Waals surface area contributed by atoms with Gasteiger partial charge in [-0.2, -0.15) is 0 Å². The quantitative estimate of drug-likeness (QED) is 0.830. The lowest BCUT2D eigenvalue weighted by molar-refractivity contribution is 0.0910. The molecule has 0 aliphatic carbocycles. The number of furan rings is 1. The van der Waals surface area contributed by atoms with Crippen molar-refractivity contribution in [3.63, 3.8) is 0 Å².